The maximum atomic E-state index is 11.1. The predicted octanol–water partition coefficient (Wildman–Crippen LogP) is 4.17. The maximum absolute atomic E-state index is 11.1. The molecule has 3 aromatic carbocycles. The van der Waals surface area contributed by atoms with E-state index in [0.29, 0.717) is 5.69 Å². The highest BCUT2D eigenvalue weighted by molar-refractivity contribution is 5.95. The normalized spacial score (nSPS) is 10.5. The number of rotatable bonds is 5. The summed E-state index contributed by atoms with van der Waals surface area (Å²) in [5.41, 5.74) is 9.33. The van der Waals surface area contributed by atoms with Crippen molar-refractivity contribution in [2.45, 2.75) is 6.92 Å². The molecule has 3 aromatic rings. The number of carbonyl (C=O) groups excluding carboxylic acids is 1. The minimum atomic E-state index is 0.0796. The first-order valence-electron chi connectivity index (χ1n) is 7.50. The monoisotopic (exact) mass is 305 g/mol. The average Bonchev–Trinajstić information content (AvgIpc) is 2.53. The van der Waals surface area contributed by atoms with E-state index < -0.39 is 0 Å². The van der Waals surface area contributed by atoms with E-state index in [1.54, 1.807) is 6.92 Å². The Bertz CT molecular complexity index is 853. The lowest BCUT2D eigenvalue weighted by atomic mass is 10.1. The molecule has 0 radical (unpaired) electrons. The van der Waals surface area contributed by atoms with Gasteiger partial charge in [-0.1, -0.05) is 36.4 Å². The van der Waals surface area contributed by atoms with Crippen LogP contribution >= 0.6 is 0 Å². The number of ketones is 1. The van der Waals surface area contributed by atoms with Crippen LogP contribution in [-0.4, -0.2) is 12.3 Å². The SMILES string of the molecule is CC(=O)CNc1cc(N)cc(Nc2cccc3ccccc23)c1. The third-order valence-electron chi connectivity index (χ3n) is 3.57. The van der Waals surface area contributed by atoms with Gasteiger partial charge in [0.2, 0.25) is 0 Å². The molecule has 0 heterocycles. The van der Waals surface area contributed by atoms with E-state index in [0.717, 1.165) is 22.4 Å². The van der Waals surface area contributed by atoms with Crippen LogP contribution in [0.2, 0.25) is 0 Å². The number of Topliss-reactive ketones (excluding diaryl/α,β-unsaturated/α-hetero) is 1. The van der Waals surface area contributed by atoms with Crippen molar-refractivity contribution in [2.24, 2.45) is 0 Å². The Labute approximate surface area is 135 Å². The molecular formula is C19H19N3O. The first-order valence-corrected chi connectivity index (χ1v) is 7.50. The van der Waals surface area contributed by atoms with Gasteiger partial charge in [0, 0.05) is 28.1 Å². The number of nitrogen functional groups attached to an aromatic ring is 1. The van der Waals surface area contributed by atoms with Gasteiger partial charge in [-0.3, -0.25) is 4.79 Å². The van der Waals surface area contributed by atoms with Crippen LogP contribution in [-0.2, 0) is 4.79 Å². The number of hydrogen-bond acceptors (Lipinski definition) is 4. The smallest absolute Gasteiger partial charge is 0.148 e. The fraction of sp³-hybridized carbons (Fsp3) is 0.105. The Morgan fingerprint density at radius 3 is 2.57 bits per heavy atom. The van der Waals surface area contributed by atoms with E-state index in [2.05, 4.69) is 28.8 Å². The Morgan fingerprint density at radius 2 is 1.74 bits per heavy atom. The van der Waals surface area contributed by atoms with E-state index in [4.69, 9.17) is 5.73 Å². The largest absolute Gasteiger partial charge is 0.399 e. The molecule has 0 aliphatic heterocycles. The standard InChI is InChI=1S/C19H19N3O/c1-13(23)12-21-16-9-15(20)10-17(11-16)22-19-8-4-6-14-5-2-3-7-18(14)19/h2-11,21-22H,12,20H2,1H3. The number of fused-ring (bicyclic) bond motifs is 1. The van der Waals surface area contributed by atoms with Gasteiger partial charge in [0.05, 0.1) is 6.54 Å². The highest BCUT2D eigenvalue weighted by Gasteiger charge is 2.04. The zero-order valence-corrected chi connectivity index (χ0v) is 13.0. The average molecular weight is 305 g/mol. The summed E-state index contributed by atoms with van der Waals surface area (Å²) in [5.74, 6) is 0.0796. The lowest BCUT2D eigenvalue weighted by molar-refractivity contribution is -0.115. The minimum absolute atomic E-state index is 0.0796. The molecule has 0 fully saturated rings. The predicted molar refractivity (Wildman–Crippen MR) is 97.3 cm³/mol. The van der Waals surface area contributed by atoms with Crippen molar-refractivity contribution >= 4 is 39.3 Å². The minimum Gasteiger partial charge on any atom is -0.399 e. The van der Waals surface area contributed by atoms with Gasteiger partial charge in [0.25, 0.3) is 0 Å². The van der Waals surface area contributed by atoms with Crippen molar-refractivity contribution in [3.63, 3.8) is 0 Å². The molecule has 3 rings (SSSR count). The van der Waals surface area contributed by atoms with Crippen LogP contribution in [0.3, 0.4) is 0 Å². The van der Waals surface area contributed by atoms with Crippen LogP contribution in [0.25, 0.3) is 10.8 Å². The molecule has 0 saturated carbocycles. The van der Waals surface area contributed by atoms with E-state index in [9.17, 15) is 4.79 Å². The Morgan fingerprint density at radius 1 is 1.00 bits per heavy atom. The van der Waals surface area contributed by atoms with Crippen molar-refractivity contribution in [2.75, 3.05) is 22.9 Å². The molecule has 0 amide bonds. The van der Waals surface area contributed by atoms with Crippen LogP contribution in [0.5, 0.6) is 0 Å². The Kier molecular flexibility index (Phi) is 4.15. The van der Waals surface area contributed by atoms with Gasteiger partial charge >= 0.3 is 0 Å². The second-order valence-corrected chi connectivity index (χ2v) is 5.55. The highest BCUT2D eigenvalue weighted by Crippen LogP contribution is 2.28. The summed E-state index contributed by atoms with van der Waals surface area (Å²) in [5, 5.41) is 8.82. The molecule has 0 unspecified atom stereocenters. The second-order valence-electron chi connectivity index (χ2n) is 5.55. The fourth-order valence-electron chi connectivity index (χ4n) is 2.54. The topological polar surface area (TPSA) is 67.2 Å². The molecule has 0 aliphatic carbocycles. The molecule has 4 N–H and O–H groups in total. The number of nitrogens with one attached hydrogen (secondary N) is 2. The summed E-state index contributed by atoms with van der Waals surface area (Å²) in [6.45, 7) is 1.84. The van der Waals surface area contributed by atoms with Crippen molar-refractivity contribution in [3.05, 3.63) is 60.7 Å². The van der Waals surface area contributed by atoms with Gasteiger partial charge in [-0.05, 0) is 36.6 Å². The second kappa shape index (κ2) is 6.40. The van der Waals surface area contributed by atoms with Gasteiger partial charge in [-0.15, -0.1) is 0 Å². The van der Waals surface area contributed by atoms with Crippen LogP contribution < -0.4 is 16.4 Å². The summed E-state index contributed by atoms with van der Waals surface area (Å²) in [6.07, 6.45) is 0. The molecule has 116 valence electrons. The Hall–Kier alpha value is -3.01. The summed E-state index contributed by atoms with van der Waals surface area (Å²) < 4.78 is 0. The quantitative estimate of drug-likeness (QED) is 0.619. The summed E-state index contributed by atoms with van der Waals surface area (Å²) in [4.78, 5) is 11.1. The third kappa shape index (κ3) is 3.61. The zero-order valence-electron chi connectivity index (χ0n) is 13.0. The lowest BCUT2D eigenvalue weighted by Crippen LogP contribution is -2.10. The molecule has 0 spiro atoms. The molecule has 0 bridgehead atoms. The molecule has 4 heteroatoms. The number of nitrogens with two attached hydrogens (primary N) is 1. The molecule has 0 atom stereocenters. The first kappa shape index (κ1) is 14.9. The molecule has 4 nitrogen and oxygen atoms in total. The van der Waals surface area contributed by atoms with E-state index in [1.807, 2.05) is 42.5 Å². The van der Waals surface area contributed by atoms with Gasteiger partial charge in [0.15, 0.2) is 0 Å². The summed E-state index contributed by atoms with van der Waals surface area (Å²) in [7, 11) is 0. The molecular weight excluding hydrogens is 286 g/mol. The zero-order chi connectivity index (χ0) is 16.2. The van der Waals surface area contributed by atoms with Gasteiger partial charge < -0.3 is 16.4 Å². The van der Waals surface area contributed by atoms with Crippen molar-refractivity contribution in [1.82, 2.24) is 0 Å². The third-order valence-corrected chi connectivity index (χ3v) is 3.57. The van der Waals surface area contributed by atoms with E-state index >= 15 is 0 Å². The van der Waals surface area contributed by atoms with Crippen LogP contribution in [0.15, 0.2) is 60.7 Å². The molecule has 23 heavy (non-hydrogen) atoms. The van der Waals surface area contributed by atoms with Crippen molar-refractivity contribution in [3.8, 4) is 0 Å². The fourth-order valence-corrected chi connectivity index (χ4v) is 2.54. The van der Waals surface area contributed by atoms with Gasteiger partial charge in [0.1, 0.15) is 5.78 Å². The maximum Gasteiger partial charge on any atom is 0.148 e. The molecule has 0 aliphatic rings. The Balaban J connectivity index is 1.91. The number of benzene rings is 3. The number of hydrogen-bond donors (Lipinski definition) is 3. The van der Waals surface area contributed by atoms with Gasteiger partial charge in [-0.25, -0.2) is 0 Å². The van der Waals surface area contributed by atoms with Crippen LogP contribution in [0.1, 0.15) is 6.92 Å². The van der Waals surface area contributed by atoms with Crippen molar-refractivity contribution < 1.29 is 4.79 Å². The highest BCUT2D eigenvalue weighted by atomic mass is 16.1. The molecule has 0 saturated heterocycles. The van der Waals surface area contributed by atoms with Gasteiger partial charge in [-0.2, -0.15) is 0 Å². The first-order chi connectivity index (χ1) is 11.1. The summed E-state index contributed by atoms with van der Waals surface area (Å²) in [6, 6.07) is 20.0. The van der Waals surface area contributed by atoms with Crippen LogP contribution in [0, 0.1) is 0 Å². The number of carbonyl (C=O) groups is 1. The van der Waals surface area contributed by atoms with Crippen molar-refractivity contribution in [1.29, 1.82) is 0 Å². The lowest BCUT2D eigenvalue weighted by Gasteiger charge is -2.13. The number of anilines is 4. The van der Waals surface area contributed by atoms with E-state index in [1.165, 1.54) is 5.39 Å². The summed E-state index contributed by atoms with van der Waals surface area (Å²) >= 11 is 0. The molecule has 0 aromatic heterocycles. The van der Waals surface area contributed by atoms with E-state index in [-0.39, 0.29) is 12.3 Å². The van der Waals surface area contributed by atoms with Crippen LogP contribution in [0.4, 0.5) is 22.7 Å².